The molecule has 0 radical (unpaired) electrons. The number of aliphatic carboxylic acids is 1. The second kappa shape index (κ2) is 16.8. The highest BCUT2D eigenvalue weighted by molar-refractivity contribution is 5.77. The van der Waals surface area contributed by atoms with Crippen molar-refractivity contribution in [2.75, 3.05) is 6.54 Å². The fourth-order valence-corrected chi connectivity index (χ4v) is 2.76. The minimum atomic E-state index is -0.671. The van der Waals surface area contributed by atoms with E-state index in [-0.39, 0.29) is 11.8 Å². The molecule has 0 bridgehead atoms. The Morgan fingerprint density at radius 1 is 0.708 bits per heavy atom. The van der Waals surface area contributed by atoms with Crippen molar-refractivity contribution in [1.29, 1.82) is 0 Å². The van der Waals surface area contributed by atoms with Gasteiger partial charge < -0.3 is 10.4 Å². The topological polar surface area (TPSA) is 66.4 Å². The number of amides is 1. The Kier molecular flexibility index (Phi) is 16.0. The van der Waals surface area contributed by atoms with Crippen molar-refractivity contribution >= 4 is 11.9 Å². The van der Waals surface area contributed by atoms with Gasteiger partial charge in [0.15, 0.2) is 0 Å². The van der Waals surface area contributed by atoms with Crippen molar-refractivity contribution in [3.63, 3.8) is 0 Å². The molecule has 0 aromatic carbocycles. The molecule has 1 amide bonds. The molecule has 2 N–H and O–H groups in total. The molecule has 0 aliphatic heterocycles. The Hall–Kier alpha value is -1.06. The Morgan fingerprint density at radius 2 is 1.08 bits per heavy atom. The lowest BCUT2D eigenvalue weighted by atomic mass is 10.0. The molecule has 0 fully saturated rings. The van der Waals surface area contributed by atoms with Gasteiger partial charge in [0.1, 0.15) is 0 Å². The Labute approximate surface area is 148 Å². The Balaban J connectivity index is 3.08. The zero-order valence-electron chi connectivity index (χ0n) is 15.9. The van der Waals surface area contributed by atoms with E-state index in [1.165, 1.54) is 64.2 Å². The standard InChI is InChI=1S/C20H39NO3/c1-18(2)20(24)21-17-15-13-11-9-7-5-3-4-6-8-10-12-14-16-19(22)23/h18H,3-17H2,1-2H3,(H,21,24)(H,22,23). The number of rotatable bonds is 17. The van der Waals surface area contributed by atoms with E-state index in [0.717, 1.165) is 25.8 Å². The summed E-state index contributed by atoms with van der Waals surface area (Å²) in [5, 5.41) is 11.5. The van der Waals surface area contributed by atoms with Gasteiger partial charge in [-0.1, -0.05) is 84.5 Å². The summed E-state index contributed by atoms with van der Waals surface area (Å²) in [5.74, 6) is -0.415. The van der Waals surface area contributed by atoms with Crippen molar-refractivity contribution in [2.24, 2.45) is 5.92 Å². The molecule has 4 heteroatoms. The van der Waals surface area contributed by atoms with Gasteiger partial charge in [0.05, 0.1) is 0 Å². The molecule has 0 aliphatic carbocycles. The van der Waals surface area contributed by atoms with E-state index >= 15 is 0 Å². The maximum absolute atomic E-state index is 11.4. The number of hydrogen-bond acceptors (Lipinski definition) is 2. The van der Waals surface area contributed by atoms with Crippen LogP contribution in [0.15, 0.2) is 0 Å². The van der Waals surface area contributed by atoms with Crippen LogP contribution in [0.1, 0.15) is 104 Å². The van der Waals surface area contributed by atoms with Gasteiger partial charge in [-0.15, -0.1) is 0 Å². The van der Waals surface area contributed by atoms with Gasteiger partial charge in [0.2, 0.25) is 5.91 Å². The van der Waals surface area contributed by atoms with E-state index in [0.29, 0.717) is 6.42 Å². The quantitative estimate of drug-likeness (QED) is 0.353. The van der Waals surface area contributed by atoms with E-state index in [2.05, 4.69) is 5.32 Å². The Morgan fingerprint density at radius 3 is 1.46 bits per heavy atom. The predicted octanol–water partition coefficient (Wildman–Crippen LogP) is 5.30. The van der Waals surface area contributed by atoms with Gasteiger partial charge >= 0.3 is 5.97 Å². The van der Waals surface area contributed by atoms with Crippen molar-refractivity contribution in [2.45, 2.75) is 104 Å². The van der Waals surface area contributed by atoms with Gasteiger partial charge in [-0.25, -0.2) is 0 Å². The molecule has 4 nitrogen and oxygen atoms in total. The summed E-state index contributed by atoms with van der Waals surface area (Å²) in [4.78, 5) is 21.7. The molecule has 0 rings (SSSR count). The molecular weight excluding hydrogens is 302 g/mol. The molecule has 24 heavy (non-hydrogen) atoms. The normalized spacial score (nSPS) is 11.0. The molecule has 142 valence electrons. The Bertz CT molecular complexity index is 316. The van der Waals surface area contributed by atoms with Crippen molar-refractivity contribution in [3.8, 4) is 0 Å². The third-order valence-electron chi connectivity index (χ3n) is 4.39. The van der Waals surface area contributed by atoms with Crippen LogP contribution in [0.2, 0.25) is 0 Å². The number of carboxylic acids is 1. The second-order valence-electron chi connectivity index (χ2n) is 7.19. The molecule has 0 heterocycles. The van der Waals surface area contributed by atoms with Gasteiger partial charge in [0.25, 0.3) is 0 Å². The second-order valence-corrected chi connectivity index (χ2v) is 7.19. The minimum absolute atomic E-state index is 0.0924. The molecule has 0 saturated carbocycles. The lowest BCUT2D eigenvalue weighted by molar-refractivity contribution is -0.137. The van der Waals surface area contributed by atoms with Crippen LogP contribution in [0.4, 0.5) is 0 Å². The predicted molar refractivity (Wildman–Crippen MR) is 100 cm³/mol. The number of unbranched alkanes of at least 4 members (excludes halogenated alkanes) is 12. The van der Waals surface area contributed by atoms with E-state index in [1.807, 2.05) is 13.8 Å². The fraction of sp³-hybridized carbons (Fsp3) is 0.900. The van der Waals surface area contributed by atoms with E-state index in [9.17, 15) is 9.59 Å². The first-order valence-electron chi connectivity index (χ1n) is 10.0. The maximum Gasteiger partial charge on any atom is 0.303 e. The molecule has 0 saturated heterocycles. The highest BCUT2D eigenvalue weighted by atomic mass is 16.4. The zero-order chi connectivity index (χ0) is 18.0. The molecule has 0 spiro atoms. The summed E-state index contributed by atoms with van der Waals surface area (Å²) in [6.45, 7) is 4.67. The number of carbonyl (C=O) groups is 2. The third kappa shape index (κ3) is 17.3. The van der Waals surface area contributed by atoms with Crippen LogP contribution in [0.5, 0.6) is 0 Å². The highest BCUT2D eigenvalue weighted by Gasteiger charge is 2.04. The van der Waals surface area contributed by atoms with E-state index < -0.39 is 5.97 Å². The molecule has 0 aliphatic rings. The van der Waals surface area contributed by atoms with Gasteiger partial charge in [-0.3, -0.25) is 9.59 Å². The lowest BCUT2D eigenvalue weighted by Gasteiger charge is -2.07. The third-order valence-corrected chi connectivity index (χ3v) is 4.39. The fourth-order valence-electron chi connectivity index (χ4n) is 2.76. The smallest absolute Gasteiger partial charge is 0.303 e. The van der Waals surface area contributed by atoms with Crippen LogP contribution in [-0.2, 0) is 9.59 Å². The number of nitrogens with one attached hydrogen (secondary N) is 1. The monoisotopic (exact) mass is 341 g/mol. The average Bonchev–Trinajstić information content (AvgIpc) is 2.53. The summed E-state index contributed by atoms with van der Waals surface area (Å²) in [6, 6.07) is 0. The van der Waals surface area contributed by atoms with Gasteiger partial charge in [-0.2, -0.15) is 0 Å². The summed E-state index contributed by atoms with van der Waals surface area (Å²) >= 11 is 0. The van der Waals surface area contributed by atoms with Gasteiger partial charge in [-0.05, 0) is 12.8 Å². The van der Waals surface area contributed by atoms with Crippen LogP contribution in [-0.4, -0.2) is 23.5 Å². The first-order valence-corrected chi connectivity index (χ1v) is 10.0. The molecule has 0 unspecified atom stereocenters. The van der Waals surface area contributed by atoms with Crippen molar-refractivity contribution in [3.05, 3.63) is 0 Å². The van der Waals surface area contributed by atoms with Crippen LogP contribution in [0.3, 0.4) is 0 Å². The summed E-state index contributed by atoms with van der Waals surface area (Å²) in [7, 11) is 0. The van der Waals surface area contributed by atoms with Crippen LogP contribution >= 0.6 is 0 Å². The minimum Gasteiger partial charge on any atom is -0.481 e. The van der Waals surface area contributed by atoms with Crippen LogP contribution in [0.25, 0.3) is 0 Å². The first-order chi connectivity index (χ1) is 11.5. The summed E-state index contributed by atoms with van der Waals surface area (Å²) < 4.78 is 0. The number of carbonyl (C=O) groups excluding carboxylic acids is 1. The van der Waals surface area contributed by atoms with E-state index in [4.69, 9.17) is 5.11 Å². The average molecular weight is 342 g/mol. The van der Waals surface area contributed by atoms with Crippen molar-refractivity contribution in [1.82, 2.24) is 5.32 Å². The number of hydrogen-bond donors (Lipinski definition) is 2. The zero-order valence-corrected chi connectivity index (χ0v) is 15.9. The van der Waals surface area contributed by atoms with Crippen LogP contribution < -0.4 is 5.32 Å². The first kappa shape index (κ1) is 22.9. The summed E-state index contributed by atoms with van der Waals surface area (Å²) in [6.07, 6.45) is 16.2. The van der Waals surface area contributed by atoms with Crippen molar-refractivity contribution < 1.29 is 14.7 Å². The molecule has 0 aromatic heterocycles. The summed E-state index contributed by atoms with van der Waals surface area (Å²) in [5.41, 5.74) is 0. The SMILES string of the molecule is CC(C)C(=O)NCCCCCCCCCCCCCCCC(=O)O. The van der Waals surface area contributed by atoms with E-state index in [1.54, 1.807) is 0 Å². The van der Waals surface area contributed by atoms with Crippen LogP contribution in [0, 0.1) is 5.92 Å². The maximum atomic E-state index is 11.4. The van der Waals surface area contributed by atoms with Gasteiger partial charge in [0, 0.05) is 18.9 Å². The highest BCUT2D eigenvalue weighted by Crippen LogP contribution is 2.12. The molecule has 0 atom stereocenters. The molecule has 0 aromatic rings. The molecular formula is C20H39NO3. The number of carboxylic acid groups (broad SMARTS) is 1. The largest absolute Gasteiger partial charge is 0.481 e. The lowest BCUT2D eigenvalue weighted by Crippen LogP contribution is -2.28.